The number of hydrogen-bond acceptors (Lipinski definition) is 4. The van der Waals surface area contributed by atoms with E-state index in [0.29, 0.717) is 12.5 Å². The fourth-order valence-electron chi connectivity index (χ4n) is 2.63. The van der Waals surface area contributed by atoms with Crippen LogP contribution in [0, 0.1) is 12.8 Å². The van der Waals surface area contributed by atoms with Crippen molar-refractivity contribution in [3.63, 3.8) is 0 Å². The van der Waals surface area contributed by atoms with Gasteiger partial charge in [0, 0.05) is 37.5 Å². The molecule has 1 fully saturated rings. The lowest BCUT2D eigenvalue weighted by atomic mass is 9.98. The van der Waals surface area contributed by atoms with E-state index < -0.39 is 0 Å². The lowest BCUT2D eigenvalue weighted by Crippen LogP contribution is -2.45. The third-order valence-electron chi connectivity index (χ3n) is 4.05. The summed E-state index contributed by atoms with van der Waals surface area (Å²) in [5.74, 6) is 0.361. The van der Waals surface area contributed by atoms with Gasteiger partial charge in [0.05, 0.1) is 10.7 Å². The molecule has 0 unspecified atom stereocenters. The molecule has 118 valence electrons. The van der Waals surface area contributed by atoms with Gasteiger partial charge in [-0.1, -0.05) is 6.92 Å². The highest BCUT2D eigenvalue weighted by atomic mass is 32.1. The monoisotopic (exact) mass is 311 g/mol. The maximum atomic E-state index is 12.0. The summed E-state index contributed by atoms with van der Waals surface area (Å²) >= 11 is 1.73. The molecule has 0 spiro atoms. The number of hydrogen-bond donors (Lipinski definition) is 2. The molecular weight excluding hydrogens is 286 g/mol. The van der Waals surface area contributed by atoms with Crippen molar-refractivity contribution in [2.45, 2.75) is 39.5 Å². The van der Waals surface area contributed by atoms with E-state index in [2.05, 4.69) is 24.1 Å². The smallest absolute Gasteiger partial charge is 0.317 e. The van der Waals surface area contributed by atoms with Gasteiger partial charge < -0.3 is 15.3 Å². The molecule has 1 aliphatic rings. The first-order chi connectivity index (χ1) is 10.1. The minimum absolute atomic E-state index is 0.00961. The van der Waals surface area contributed by atoms with Crippen molar-refractivity contribution in [3.8, 4) is 0 Å². The molecule has 1 aromatic rings. The van der Waals surface area contributed by atoms with Crippen LogP contribution in [0.15, 0.2) is 0 Å². The lowest BCUT2D eigenvalue weighted by Gasteiger charge is -2.31. The zero-order chi connectivity index (χ0) is 15.2. The lowest BCUT2D eigenvalue weighted by molar-refractivity contribution is 0.137. The zero-order valence-corrected chi connectivity index (χ0v) is 13.7. The quantitative estimate of drug-likeness (QED) is 0.874. The number of nitrogens with one attached hydrogen (secondary N) is 1. The summed E-state index contributed by atoms with van der Waals surface area (Å²) in [7, 11) is 0. The number of aliphatic hydroxyl groups is 1. The molecule has 0 aromatic carbocycles. The molecule has 1 aromatic heterocycles. The van der Waals surface area contributed by atoms with Gasteiger partial charge in [0.1, 0.15) is 0 Å². The molecule has 2 N–H and O–H groups in total. The number of carbonyl (C=O) groups excluding carboxylic acids is 1. The summed E-state index contributed by atoms with van der Waals surface area (Å²) in [6.07, 6.45) is 3.56. The molecule has 6 heteroatoms. The average Bonchev–Trinajstić information content (AvgIpc) is 2.87. The van der Waals surface area contributed by atoms with Crippen LogP contribution >= 0.6 is 11.3 Å². The van der Waals surface area contributed by atoms with Crippen LogP contribution in [0.4, 0.5) is 4.79 Å². The van der Waals surface area contributed by atoms with Gasteiger partial charge in [-0.05, 0) is 32.1 Å². The number of likely N-dealkylation sites (tertiary alicyclic amines) is 1. The molecule has 1 saturated heterocycles. The van der Waals surface area contributed by atoms with Gasteiger partial charge >= 0.3 is 6.03 Å². The predicted molar refractivity (Wildman–Crippen MR) is 84.7 cm³/mol. The number of thiazole rings is 1. The Kier molecular flexibility index (Phi) is 5.99. The Labute approximate surface area is 130 Å². The maximum absolute atomic E-state index is 12.0. The third-order valence-corrected chi connectivity index (χ3v) is 5.12. The van der Waals surface area contributed by atoms with Crippen LogP contribution in [0.1, 0.15) is 35.3 Å². The van der Waals surface area contributed by atoms with E-state index in [9.17, 15) is 4.79 Å². The van der Waals surface area contributed by atoms with E-state index in [1.54, 1.807) is 11.3 Å². The Bertz CT molecular complexity index is 467. The van der Waals surface area contributed by atoms with Crippen LogP contribution in [0.2, 0.25) is 0 Å². The number of aliphatic hydroxyl groups excluding tert-OH is 1. The molecule has 0 atom stereocenters. The second-order valence-electron chi connectivity index (χ2n) is 5.56. The molecular formula is C15H25N3O2S. The summed E-state index contributed by atoms with van der Waals surface area (Å²) < 4.78 is 0. The van der Waals surface area contributed by atoms with Crippen molar-refractivity contribution >= 4 is 17.4 Å². The number of piperidine rings is 1. The summed E-state index contributed by atoms with van der Waals surface area (Å²) in [6, 6.07) is 0.00961. The van der Waals surface area contributed by atoms with Crippen LogP contribution in [0.25, 0.3) is 0 Å². The molecule has 2 amide bonds. The first kappa shape index (κ1) is 16.2. The van der Waals surface area contributed by atoms with Gasteiger partial charge in [-0.3, -0.25) is 0 Å². The molecule has 2 heterocycles. The van der Waals surface area contributed by atoms with Gasteiger partial charge in [0.25, 0.3) is 0 Å². The predicted octanol–water partition coefficient (Wildman–Crippen LogP) is 1.97. The van der Waals surface area contributed by atoms with Gasteiger partial charge in [-0.15, -0.1) is 11.3 Å². The van der Waals surface area contributed by atoms with Crippen LogP contribution in [0.5, 0.6) is 0 Å². The Morgan fingerprint density at radius 1 is 1.48 bits per heavy atom. The number of aromatic nitrogens is 1. The molecule has 2 rings (SSSR count). The highest BCUT2D eigenvalue weighted by Gasteiger charge is 2.21. The Hall–Kier alpha value is -1.14. The van der Waals surface area contributed by atoms with Crippen molar-refractivity contribution in [3.05, 3.63) is 15.6 Å². The van der Waals surface area contributed by atoms with E-state index in [1.165, 1.54) is 10.6 Å². The minimum Gasteiger partial charge on any atom is -0.396 e. The van der Waals surface area contributed by atoms with Gasteiger partial charge in [0.15, 0.2) is 0 Å². The highest BCUT2D eigenvalue weighted by Crippen LogP contribution is 2.18. The van der Waals surface area contributed by atoms with Crippen molar-refractivity contribution in [1.82, 2.24) is 15.2 Å². The summed E-state index contributed by atoms with van der Waals surface area (Å²) in [5, 5.41) is 13.2. The molecule has 0 radical (unpaired) electrons. The van der Waals surface area contributed by atoms with Crippen LogP contribution in [-0.4, -0.2) is 47.3 Å². The number of aryl methyl sites for hydroxylation is 2. The topological polar surface area (TPSA) is 65.5 Å². The Balaban J connectivity index is 1.71. The number of carbonyl (C=O) groups is 1. The van der Waals surface area contributed by atoms with Gasteiger partial charge in [-0.25, -0.2) is 9.78 Å². The van der Waals surface area contributed by atoms with Crippen molar-refractivity contribution in [2.75, 3.05) is 26.2 Å². The van der Waals surface area contributed by atoms with Crippen molar-refractivity contribution < 1.29 is 9.90 Å². The second-order valence-corrected chi connectivity index (χ2v) is 6.85. The van der Waals surface area contributed by atoms with E-state index in [0.717, 1.165) is 43.8 Å². The third kappa shape index (κ3) is 4.41. The zero-order valence-electron chi connectivity index (χ0n) is 12.9. The second kappa shape index (κ2) is 7.75. The summed E-state index contributed by atoms with van der Waals surface area (Å²) in [6.45, 7) is 6.57. The Morgan fingerprint density at radius 3 is 2.76 bits per heavy atom. The van der Waals surface area contributed by atoms with Crippen LogP contribution in [-0.2, 0) is 12.8 Å². The molecule has 0 aliphatic carbocycles. The van der Waals surface area contributed by atoms with E-state index in [1.807, 2.05) is 4.90 Å². The number of rotatable bonds is 5. The van der Waals surface area contributed by atoms with Crippen LogP contribution < -0.4 is 5.32 Å². The molecule has 5 nitrogen and oxygen atoms in total. The SMILES string of the molecule is CCc1nc(CCNC(=O)N2CCC(CO)CC2)sc1C. The molecule has 0 saturated carbocycles. The number of amides is 2. The summed E-state index contributed by atoms with van der Waals surface area (Å²) in [5.41, 5.74) is 1.17. The number of nitrogens with zero attached hydrogens (tertiary/aromatic N) is 2. The fourth-order valence-corrected chi connectivity index (χ4v) is 3.65. The summed E-state index contributed by atoms with van der Waals surface area (Å²) in [4.78, 5) is 19.8. The van der Waals surface area contributed by atoms with Gasteiger partial charge in [0.2, 0.25) is 0 Å². The van der Waals surface area contributed by atoms with Crippen LogP contribution in [0.3, 0.4) is 0 Å². The molecule has 21 heavy (non-hydrogen) atoms. The first-order valence-electron chi connectivity index (χ1n) is 7.72. The standard InChI is InChI=1S/C15H25N3O2S/c1-3-13-11(2)21-14(17-13)4-7-16-15(20)18-8-5-12(10-19)6-9-18/h12,19H,3-10H2,1-2H3,(H,16,20). The maximum Gasteiger partial charge on any atom is 0.317 e. The van der Waals surface area contributed by atoms with E-state index >= 15 is 0 Å². The van der Waals surface area contributed by atoms with E-state index in [4.69, 9.17) is 5.11 Å². The highest BCUT2D eigenvalue weighted by molar-refractivity contribution is 7.11. The minimum atomic E-state index is 0.00961. The number of urea groups is 1. The average molecular weight is 311 g/mol. The molecule has 0 bridgehead atoms. The van der Waals surface area contributed by atoms with Crippen molar-refractivity contribution in [2.24, 2.45) is 5.92 Å². The molecule has 1 aliphatic heterocycles. The fraction of sp³-hybridized carbons (Fsp3) is 0.733. The first-order valence-corrected chi connectivity index (χ1v) is 8.54. The largest absolute Gasteiger partial charge is 0.396 e. The normalized spacial score (nSPS) is 16.2. The van der Waals surface area contributed by atoms with E-state index in [-0.39, 0.29) is 12.6 Å². The Morgan fingerprint density at radius 2 is 2.19 bits per heavy atom. The van der Waals surface area contributed by atoms with Crippen molar-refractivity contribution in [1.29, 1.82) is 0 Å². The van der Waals surface area contributed by atoms with Gasteiger partial charge in [-0.2, -0.15) is 0 Å².